The van der Waals surface area contributed by atoms with Crippen molar-refractivity contribution in [1.29, 1.82) is 5.26 Å². The van der Waals surface area contributed by atoms with E-state index in [1.807, 2.05) is 0 Å². The fourth-order valence-electron chi connectivity index (χ4n) is 3.50. The summed E-state index contributed by atoms with van der Waals surface area (Å²) >= 11 is 0. The topological polar surface area (TPSA) is 104 Å². The average Bonchev–Trinajstić information content (AvgIpc) is 2.54. The van der Waals surface area contributed by atoms with Gasteiger partial charge in [-0.15, -0.1) is 0 Å². The monoisotopic (exact) mass is 350 g/mol. The molecule has 1 aliphatic carbocycles. The van der Waals surface area contributed by atoms with Gasteiger partial charge in [-0.1, -0.05) is 6.42 Å². The molecular weight excluding hydrogens is 333 g/mol. The first-order valence-electron chi connectivity index (χ1n) is 7.88. The minimum atomic E-state index is -4.65. The lowest BCUT2D eigenvalue weighted by Gasteiger charge is -2.46. The molecule has 1 aliphatic heterocycles. The molecule has 25 heavy (non-hydrogen) atoms. The van der Waals surface area contributed by atoms with Gasteiger partial charge in [-0.25, -0.2) is 4.99 Å². The first-order chi connectivity index (χ1) is 11.8. The Morgan fingerprint density at radius 3 is 2.44 bits per heavy atom. The highest BCUT2D eigenvalue weighted by Crippen LogP contribution is 2.44. The van der Waals surface area contributed by atoms with Crippen molar-refractivity contribution in [3.05, 3.63) is 29.3 Å². The lowest BCUT2D eigenvalue weighted by atomic mass is 9.86. The van der Waals surface area contributed by atoms with E-state index in [1.165, 1.54) is 17.0 Å². The zero-order chi connectivity index (χ0) is 18.2. The normalized spacial score (nSPS) is 20.0. The molecule has 1 aromatic rings. The van der Waals surface area contributed by atoms with Gasteiger partial charge in [-0.2, -0.15) is 23.4 Å². The number of benzene rings is 1. The predicted molar refractivity (Wildman–Crippen MR) is 87.7 cm³/mol. The first kappa shape index (κ1) is 17.1. The van der Waals surface area contributed by atoms with Gasteiger partial charge in [0, 0.05) is 0 Å². The smallest absolute Gasteiger partial charge is 0.369 e. The molecule has 4 N–H and O–H groups in total. The van der Waals surface area contributed by atoms with E-state index in [2.05, 4.69) is 9.98 Å². The zero-order valence-electron chi connectivity index (χ0n) is 13.3. The van der Waals surface area contributed by atoms with Crippen LogP contribution >= 0.6 is 0 Å². The predicted octanol–water partition coefficient (Wildman–Crippen LogP) is 2.69. The van der Waals surface area contributed by atoms with Gasteiger partial charge >= 0.3 is 6.18 Å². The fraction of sp³-hybridized carbons (Fsp3) is 0.438. The Morgan fingerprint density at radius 1 is 1.16 bits per heavy atom. The summed E-state index contributed by atoms with van der Waals surface area (Å²) in [5, 5.41) is 8.94. The number of hydrogen-bond acceptors (Lipinski definition) is 6. The van der Waals surface area contributed by atoms with Crippen molar-refractivity contribution in [1.82, 2.24) is 0 Å². The van der Waals surface area contributed by atoms with E-state index in [4.69, 9.17) is 16.7 Å². The van der Waals surface area contributed by atoms with E-state index >= 15 is 0 Å². The van der Waals surface area contributed by atoms with Gasteiger partial charge in [0.2, 0.25) is 11.9 Å². The highest BCUT2D eigenvalue weighted by atomic mass is 19.4. The fourth-order valence-corrected chi connectivity index (χ4v) is 3.50. The van der Waals surface area contributed by atoms with Crippen LogP contribution in [0.4, 0.5) is 18.9 Å². The Labute approximate surface area is 142 Å². The van der Waals surface area contributed by atoms with Gasteiger partial charge in [0.15, 0.2) is 0 Å². The van der Waals surface area contributed by atoms with Crippen molar-refractivity contribution in [2.75, 3.05) is 4.90 Å². The van der Waals surface area contributed by atoms with Crippen molar-refractivity contribution in [3.8, 4) is 6.07 Å². The quantitative estimate of drug-likeness (QED) is 0.812. The van der Waals surface area contributed by atoms with Gasteiger partial charge in [0.1, 0.15) is 5.66 Å². The molecule has 0 bridgehead atoms. The number of nitriles is 1. The summed E-state index contributed by atoms with van der Waals surface area (Å²) in [6.07, 6.45) is -1.01. The van der Waals surface area contributed by atoms with Crippen molar-refractivity contribution in [3.63, 3.8) is 0 Å². The number of alkyl halides is 3. The highest BCUT2D eigenvalue weighted by Gasteiger charge is 2.46. The third-order valence-corrected chi connectivity index (χ3v) is 4.52. The van der Waals surface area contributed by atoms with Crippen LogP contribution in [0.5, 0.6) is 0 Å². The molecule has 0 saturated heterocycles. The molecule has 1 heterocycles. The first-order valence-corrected chi connectivity index (χ1v) is 7.88. The maximum atomic E-state index is 13.6. The Morgan fingerprint density at radius 2 is 1.84 bits per heavy atom. The zero-order valence-corrected chi connectivity index (χ0v) is 13.3. The van der Waals surface area contributed by atoms with Crippen LogP contribution in [-0.4, -0.2) is 17.6 Å². The molecule has 0 unspecified atom stereocenters. The maximum absolute atomic E-state index is 13.6. The number of guanidine groups is 2. The summed E-state index contributed by atoms with van der Waals surface area (Å²) < 4.78 is 40.8. The Kier molecular flexibility index (Phi) is 4.06. The average molecular weight is 350 g/mol. The number of nitrogens with zero attached hydrogens (tertiary/aromatic N) is 4. The molecule has 0 radical (unpaired) electrons. The largest absolute Gasteiger partial charge is 0.418 e. The summed E-state index contributed by atoms with van der Waals surface area (Å²) in [7, 11) is 0. The summed E-state index contributed by atoms with van der Waals surface area (Å²) in [4.78, 5) is 9.57. The van der Waals surface area contributed by atoms with Crippen LogP contribution in [-0.2, 0) is 6.18 Å². The van der Waals surface area contributed by atoms with Gasteiger partial charge in [0.05, 0.1) is 22.9 Å². The van der Waals surface area contributed by atoms with Crippen LogP contribution in [0.2, 0.25) is 0 Å². The molecule has 9 heteroatoms. The third kappa shape index (κ3) is 2.99. The third-order valence-electron chi connectivity index (χ3n) is 4.52. The van der Waals surface area contributed by atoms with Gasteiger partial charge in [0.25, 0.3) is 0 Å². The van der Waals surface area contributed by atoms with E-state index < -0.39 is 17.4 Å². The van der Waals surface area contributed by atoms with Gasteiger partial charge in [-0.3, -0.25) is 4.90 Å². The van der Waals surface area contributed by atoms with Crippen molar-refractivity contribution in [2.45, 2.75) is 43.9 Å². The number of aliphatic imine (C=N–C) groups is 2. The van der Waals surface area contributed by atoms with Crippen molar-refractivity contribution in [2.24, 2.45) is 21.5 Å². The van der Waals surface area contributed by atoms with Crippen LogP contribution in [0.25, 0.3) is 0 Å². The molecule has 6 nitrogen and oxygen atoms in total. The van der Waals surface area contributed by atoms with Crippen LogP contribution < -0.4 is 16.4 Å². The van der Waals surface area contributed by atoms with E-state index in [0.29, 0.717) is 12.8 Å². The summed E-state index contributed by atoms with van der Waals surface area (Å²) in [5.41, 5.74) is 9.55. The summed E-state index contributed by atoms with van der Waals surface area (Å²) in [5.74, 6) is -0.150. The SMILES string of the molecule is N#Cc1ccc(N2C(N)=NC(N)=NC23CCCCC3)c(C(F)(F)F)c1. The molecule has 1 spiro atoms. The molecule has 0 amide bonds. The maximum Gasteiger partial charge on any atom is 0.418 e. The number of anilines is 1. The Hall–Kier alpha value is -2.76. The van der Waals surface area contributed by atoms with Gasteiger partial charge < -0.3 is 11.5 Å². The van der Waals surface area contributed by atoms with Crippen molar-refractivity contribution < 1.29 is 13.2 Å². The Bertz CT molecular complexity index is 784. The van der Waals surface area contributed by atoms with Crippen molar-refractivity contribution >= 4 is 17.6 Å². The number of nitrogens with two attached hydrogens (primary N) is 2. The molecule has 0 aromatic heterocycles. The van der Waals surface area contributed by atoms with Crippen LogP contribution in [0, 0.1) is 11.3 Å². The molecule has 1 fully saturated rings. The molecule has 132 valence electrons. The summed E-state index contributed by atoms with van der Waals surface area (Å²) in [6.45, 7) is 0. The van der Waals surface area contributed by atoms with E-state index in [-0.39, 0.29) is 23.2 Å². The molecular formula is C16H17F3N6. The second-order valence-corrected chi connectivity index (χ2v) is 6.16. The van der Waals surface area contributed by atoms with E-state index in [0.717, 1.165) is 25.3 Å². The standard InChI is InChI=1S/C16H17F3N6/c17-16(18,19)11-8-10(9-20)4-5-12(11)25-14(22)23-13(21)24-15(25)6-2-1-3-7-15/h4-5,8H,1-3,6-7H2,(H4,21,22,23,24). The van der Waals surface area contributed by atoms with Crippen LogP contribution in [0.1, 0.15) is 43.2 Å². The Balaban J connectivity index is 2.20. The second kappa shape index (κ2) is 5.95. The minimum Gasteiger partial charge on any atom is -0.369 e. The number of halogens is 3. The van der Waals surface area contributed by atoms with Crippen LogP contribution in [0.3, 0.4) is 0 Å². The highest BCUT2D eigenvalue weighted by molar-refractivity contribution is 6.06. The molecule has 3 rings (SSSR count). The lowest BCUT2D eigenvalue weighted by Crippen LogP contribution is -2.58. The van der Waals surface area contributed by atoms with Crippen LogP contribution in [0.15, 0.2) is 28.2 Å². The molecule has 1 aromatic carbocycles. The lowest BCUT2D eigenvalue weighted by molar-refractivity contribution is -0.137. The molecule has 0 atom stereocenters. The van der Waals surface area contributed by atoms with E-state index in [1.54, 1.807) is 6.07 Å². The number of rotatable bonds is 1. The summed E-state index contributed by atoms with van der Waals surface area (Å²) in [6, 6.07) is 5.13. The molecule has 2 aliphatic rings. The molecule has 1 saturated carbocycles. The van der Waals surface area contributed by atoms with Gasteiger partial charge in [-0.05, 0) is 43.9 Å². The second-order valence-electron chi connectivity index (χ2n) is 6.16. The van der Waals surface area contributed by atoms with E-state index in [9.17, 15) is 13.2 Å². The minimum absolute atomic E-state index is 0.0298. The number of hydrogen-bond donors (Lipinski definition) is 2.